The largest absolute Gasteiger partial charge is 0.480 e. The fourth-order valence-electron chi connectivity index (χ4n) is 2.13. The number of amides is 1. The summed E-state index contributed by atoms with van der Waals surface area (Å²) in [5.74, 6) is -1.49. The summed E-state index contributed by atoms with van der Waals surface area (Å²) in [4.78, 5) is 28.6. The van der Waals surface area contributed by atoms with Crippen LogP contribution in [0.2, 0.25) is 5.15 Å². The van der Waals surface area contributed by atoms with Crippen LogP contribution < -0.4 is 0 Å². The lowest BCUT2D eigenvalue weighted by Crippen LogP contribution is -2.40. The van der Waals surface area contributed by atoms with E-state index >= 15 is 0 Å². The predicted molar refractivity (Wildman–Crippen MR) is 67.1 cm³/mol. The minimum absolute atomic E-state index is 0.0671. The van der Waals surface area contributed by atoms with Gasteiger partial charge < -0.3 is 14.7 Å². The Bertz CT molecular complexity index is 508. The highest BCUT2D eigenvalue weighted by Gasteiger charge is 2.40. The van der Waals surface area contributed by atoms with Crippen LogP contribution in [0.4, 0.5) is 0 Å². The van der Waals surface area contributed by atoms with Crippen LogP contribution in [0.25, 0.3) is 0 Å². The first kappa shape index (κ1) is 13.8. The number of halogens is 1. The molecule has 0 aliphatic carbocycles. The summed E-state index contributed by atoms with van der Waals surface area (Å²) >= 11 is 5.86. The van der Waals surface area contributed by atoms with Crippen LogP contribution in [0.1, 0.15) is 16.8 Å². The Morgan fingerprint density at radius 2 is 2.32 bits per heavy atom. The highest BCUT2D eigenvalue weighted by Crippen LogP contribution is 2.24. The van der Waals surface area contributed by atoms with Gasteiger partial charge in [0.25, 0.3) is 5.91 Å². The second-order valence-corrected chi connectivity index (χ2v) is 4.60. The van der Waals surface area contributed by atoms with E-state index in [0.29, 0.717) is 0 Å². The maximum atomic E-state index is 12.3. The van der Waals surface area contributed by atoms with Crippen molar-refractivity contribution in [3.8, 4) is 0 Å². The number of ether oxygens (including phenoxy) is 1. The lowest BCUT2D eigenvalue weighted by molar-refractivity contribution is -0.141. The molecule has 2 atom stereocenters. The van der Waals surface area contributed by atoms with E-state index < -0.39 is 17.9 Å². The second-order valence-electron chi connectivity index (χ2n) is 4.25. The first-order valence-corrected chi connectivity index (χ1v) is 6.09. The molecule has 1 fully saturated rings. The monoisotopic (exact) mass is 284 g/mol. The van der Waals surface area contributed by atoms with Crippen molar-refractivity contribution in [1.82, 2.24) is 9.88 Å². The molecule has 6 nitrogen and oxygen atoms in total. The fraction of sp³-hybridized carbons (Fsp3) is 0.417. The van der Waals surface area contributed by atoms with Crippen LogP contribution in [0.3, 0.4) is 0 Å². The number of carbonyl (C=O) groups excluding carboxylic acids is 1. The molecule has 0 spiro atoms. The molecule has 7 heteroatoms. The van der Waals surface area contributed by atoms with Crippen LogP contribution in [-0.2, 0) is 9.53 Å². The van der Waals surface area contributed by atoms with Crippen molar-refractivity contribution < 1.29 is 19.4 Å². The Morgan fingerprint density at radius 3 is 2.89 bits per heavy atom. The van der Waals surface area contributed by atoms with Crippen molar-refractivity contribution >= 4 is 23.5 Å². The molecule has 1 aromatic rings. The zero-order valence-corrected chi connectivity index (χ0v) is 11.0. The lowest BCUT2D eigenvalue weighted by Gasteiger charge is -2.21. The van der Waals surface area contributed by atoms with E-state index in [0.717, 1.165) is 0 Å². The molecule has 19 heavy (non-hydrogen) atoms. The van der Waals surface area contributed by atoms with Crippen molar-refractivity contribution in [1.29, 1.82) is 0 Å². The number of likely N-dealkylation sites (tertiary alicyclic amines) is 1. The first-order chi connectivity index (χ1) is 9.04. The Hall–Kier alpha value is -1.66. The molecule has 0 saturated carbocycles. The van der Waals surface area contributed by atoms with Gasteiger partial charge in [0.1, 0.15) is 11.2 Å². The van der Waals surface area contributed by atoms with Crippen LogP contribution in [0.15, 0.2) is 18.3 Å². The highest BCUT2D eigenvalue weighted by atomic mass is 35.5. The van der Waals surface area contributed by atoms with E-state index in [1.165, 1.54) is 24.3 Å². The molecular formula is C12H13ClN2O4. The van der Waals surface area contributed by atoms with E-state index in [1.54, 1.807) is 6.07 Å². The minimum Gasteiger partial charge on any atom is -0.480 e. The summed E-state index contributed by atoms with van der Waals surface area (Å²) in [5.41, 5.74) is 0.201. The molecule has 0 aromatic carbocycles. The Kier molecular flexibility index (Phi) is 4.01. The zero-order valence-electron chi connectivity index (χ0n) is 10.2. The summed E-state index contributed by atoms with van der Waals surface area (Å²) < 4.78 is 5.13. The summed E-state index contributed by atoms with van der Waals surface area (Å²) in [7, 11) is 1.49. The summed E-state index contributed by atoms with van der Waals surface area (Å²) in [6, 6.07) is 2.21. The van der Waals surface area contributed by atoms with Crippen LogP contribution in [0.5, 0.6) is 0 Å². The van der Waals surface area contributed by atoms with E-state index in [-0.39, 0.29) is 29.8 Å². The van der Waals surface area contributed by atoms with Crippen LogP contribution >= 0.6 is 11.6 Å². The molecule has 0 bridgehead atoms. The number of aromatic nitrogens is 1. The molecule has 1 aromatic heterocycles. The molecule has 2 rings (SSSR count). The molecule has 2 unspecified atom stereocenters. The maximum absolute atomic E-state index is 12.3. The topological polar surface area (TPSA) is 79.7 Å². The molecule has 2 heterocycles. The lowest BCUT2D eigenvalue weighted by atomic mass is 10.2. The molecule has 102 valence electrons. The number of aliphatic carboxylic acids is 1. The SMILES string of the molecule is COC1CC(C(=O)O)N(C(=O)c2cccnc2Cl)C1. The fourth-order valence-corrected chi connectivity index (χ4v) is 2.33. The van der Waals surface area contributed by atoms with Crippen molar-refractivity contribution in [2.45, 2.75) is 18.6 Å². The number of nitrogens with zero attached hydrogens (tertiary/aromatic N) is 2. The second kappa shape index (κ2) is 5.54. The van der Waals surface area contributed by atoms with Crippen LogP contribution in [-0.4, -0.2) is 52.7 Å². The van der Waals surface area contributed by atoms with Gasteiger partial charge in [-0.15, -0.1) is 0 Å². The van der Waals surface area contributed by atoms with Crippen LogP contribution in [0, 0.1) is 0 Å². The average Bonchev–Trinajstić information content (AvgIpc) is 2.83. The minimum atomic E-state index is -1.05. The first-order valence-electron chi connectivity index (χ1n) is 5.71. The number of rotatable bonds is 3. The summed E-state index contributed by atoms with van der Waals surface area (Å²) in [6.45, 7) is 0.234. The number of carbonyl (C=O) groups is 2. The standard InChI is InChI=1S/C12H13ClN2O4/c1-19-7-5-9(12(17)18)15(6-7)11(16)8-3-2-4-14-10(8)13/h2-4,7,9H,5-6H2,1H3,(H,17,18). The number of pyridine rings is 1. The molecular weight excluding hydrogens is 272 g/mol. The Labute approximate surface area is 114 Å². The Balaban J connectivity index is 2.27. The van der Waals surface area contributed by atoms with Gasteiger partial charge in [0, 0.05) is 26.3 Å². The van der Waals surface area contributed by atoms with E-state index in [1.807, 2.05) is 0 Å². The Morgan fingerprint density at radius 1 is 1.58 bits per heavy atom. The van der Waals surface area contributed by atoms with Crippen molar-refractivity contribution in [3.05, 3.63) is 29.0 Å². The third-order valence-electron chi connectivity index (χ3n) is 3.13. The molecule has 1 N–H and O–H groups in total. The van der Waals surface area contributed by atoms with Gasteiger partial charge in [-0.3, -0.25) is 4.79 Å². The smallest absolute Gasteiger partial charge is 0.326 e. The average molecular weight is 285 g/mol. The van der Waals surface area contributed by atoms with Crippen molar-refractivity contribution in [2.75, 3.05) is 13.7 Å². The van der Waals surface area contributed by atoms with Gasteiger partial charge in [0.15, 0.2) is 0 Å². The van der Waals surface area contributed by atoms with Gasteiger partial charge in [-0.05, 0) is 12.1 Å². The molecule has 1 aliphatic heterocycles. The van der Waals surface area contributed by atoms with E-state index in [4.69, 9.17) is 21.4 Å². The van der Waals surface area contributed by atoms with E-state index in [9.17, 15) is 9.59 Å². The normalized spacial score (nSPS) is 22.5. The molecule has 1 aliphatic rings. The van der Waals surface area contributed by atoms with Gasteiger partial charge in [0.2, 0.25) is 0 Å². The van der Waals surface area contributed by atoms with Gasteiger partial charge in [-0.25, -0.2) is 9.78 Å². The predicted octanol–water partition coefficient (Wildman–Crippen LogP) is 1.05. The highest BCUT2D eigenvalue weighted by molar-refractivity contribution is 6.32. The number of hydrogen-bond donors (Lipinski definition) is 1. The third kappa shape index (κ3) is 2.69. The molecule has 1 saturated heterocycles. The van der Waals surface area contributed by atoms with Gasteiger partial charge in [-0.1, -0.05) is 11.6 Å². The van der Waals surface area contributed by atoms with E-state index in [2.05, 4.69) is 4.98 Å². The quantitative estimate of drug-likeness (QED) is 0.839. The van der Waals surface area contributed by atoms with Gasteiger partial charge >= 0.3 is 5.97 Å². The summed E-state index contributed by atoms with van der Waals surface area (Å²) in [6.07, 6.45) is 1.46. The van der Waals surface area contributed by atoms with Gasteiger partial charge in [0.05, 0.1) is 11.7 Å². The zero-order chi connectivity index (χ0) is 14.0. The third-order valence-corrected chi connectivity index (χ3v) is 3.43. The maximum Gasteiger partial charge on any atom is 0.326 e. The number of hydrogen-bond acceptors (Lipinski definition) is 4. The molecule has 1 amide bonds. The van der Waals surface area contributed by atoms with Crippen molar-refractivity contribution in [3.63, 3.8) is 0 Å². The van der Waals surface area contributed by atoms with Crippen molar-refractivity contribution in [2.24, 2.45) is 0 Å². The molecule has 0 radical (unpaired) electrons. The number of methoxy groups -OCH3 is 1. The summed E-state index contributed by atoms with van der Waals surface area (Å²) in [5, 5.41) is 9.23. The van der Waals surface area contributed by atoms with Gasteiger partial charge in [-0.2, -0.15) is 0 Å². The number of carboxylic acids is 1. The number of carboxylic acid groups (broad SMARTS) is 1.